The smallest absolute Gasteiger partial charge is 0.255 e. The highest BCUT2D eigenvalue weighted by molar-refractivity contribution is 5.95. The number of hydrogen-bond donors (Lipinski definition) is 1. The van der Waals surface area contributed by atoms with Crippen LogP contribution in [0.4, 0.5) is 0 Å². The molecule has 0 radical (unpaired) electrons. The molecule has 1 N–H and O–H groups in total. The largest absolute Gasteiger partial charge is 0.336 e. The van der Waals surface area contributed by atoms with Crippen LogP contribution in [0.5, 0.6) is 0 Å². The van der Waals surface area contributed by atoms with E-state index in [1.54, 1.807) is 0 Å². The highest BCUT2D eigenvalue weighted by atomic mass is 16.2. The molecule has 0 aliphatic carbocycles. The van der Waals surface area contributed by atoms with Gasteiger partial charge in [-0.25, -0.2) is 0 Å². The van der Waals surface area contributed by atoms with E-state index in [2.05, 4.69) is 15.2 Å². The predicted octanol–water partition coefficient (Wildman–Crippen LogP) is 0.428. The van der Waals surface area contributed by atoms with Crippen LogP contribution in [0, 0.1) is 13.8 Å². The lowest BCUT2D eigenvalue weighted by Crippen LogP contribution is -2.62. The second-order valence-electron chi connectivity index (χ2n) is 5.73. The summed E-state index contributed by atoms with van der Waals surface area (Å²) < 4.78 is 0. The summed E-state index contributed by atoms with van der Waals surface area (Å²) in [7, 11) is 0. The van der Waals surface area contributed by atoms with E-state index in [4.69, 9.17) is 0 Å². The van der Waals surface area contributed by atoms with E-state index in [0.717, 1.165) is 56.2 Å². The minimum atomic E-state index is 0.126. The third-order valence-corrected chi connectivity index (χ3v) is 4.33. The lowest BCUT2D eigenvalue weighted by molar-refractivity contribution is 0.0501. The first-order valence-electron chi connectivity index (χ1n) is 7.33. The van der Waals surface area contributed by atoms with Gasteiger partial charge in [0.2, 0.25) is 0 Å². The molecule has 2 aliphatic heterocycles. The topological polar surface area (TPSA) is 48.5 Å². The summed E-state index contributed by atoms with van der Waals surface area (Å²) in [5, 5.41) is 3.30. The van der Waals surface area contributed by atoms with Gasteiger partial charge in [0.05, 0.1) is 11.3 Å². The SMILES string of the molecule is Cc1ccc(C(=O)N2CCN(C3CNC3)CC2)c(C)n1. The standard InChI is InChI=1S/C15H22N4O/c1-11-3-4-14(12(2)17-11)15(20)19-7-5-18(6-8-19)13-9-16-10-13/h3-4,13,16H,5-10H2,1-2H3. The molecule has 5 nitrogen and oxygen atoms in total. The van der Waals surface area contributed by atoms with Crippen LogP contribution in [-0.4, -0.2) is 66.0 Å². The Kier molecular flexibility index (Phi) is 3.72. The Bertz CT molecular complexity index is 505. The van der Waals surface area contributed by atoms with E-state index < -0.39 is 0 Å². The molecule has 0 bridgehead atoms. The predicted molar refractivity (Wildman–Crippen MR) is 77.8 cm³/mol. The van der Waals surface area contributed by atoms with E-state index in [0.29, 0.717) is 6.04 Å². The first-order valence-corrected chi connectivity index (χ1v) is 7.33. The quantitative estimate of drug-likeness (QED) is 0.849. The molecule has 2 fully saturated rings. The lowest BCUT2D eigenvalue weighted by atomic mass is 10.1. The summed E-state index contributed by atoms with van der Waals surface area (Å²) in [4.78, 5) is 21.4. The number of carbonyl (C=O) groups excluding carboxylic acids is 1. The van der Waals surface area contributed by atoms with E-state index in [1.807, 2.05) is 30.9 Å². The van der Waals surface area contributed by atoms with Crippen LogP contribution in [0.2, 0.25) is 0 Å². The molecule has 0 saturated carbocycles. The molecule has 0 spiro atoms. The maximum Gasteiger partial charge on any atom is 0.255 e. The number of amides is 1. The fourth-order valence-corrected chi connectivity index (χ4v) is 2.90. The second-order valence-corrected chi connectivity index (χ2v) is 5.73. The summed E-state index contributed by atoms with van der Waals surface area (Å²) in [6.07, 6.45) is 0. The summed E-state index contributed by atoms with van der Waals surface area (Å²) in [5.74, 6) is 0.126. The summed E-state index contributed by atoms with van der Waals surface area (Å²) in [5.41, 5.74) is 2.54. The number of nitrogens with one attached hydrogen (secondary N) is 1. The van der Waals surface area contributed by atoms with Gasteiger partial charge in [0.25, 0.3) is 5.91 Å². The zero-order valence-corrected chi connectivity index (χ0v) is 12.2. The van der Waals surface area contributed by atoms with Gasteiger partial charge in [0, 0.05) is 51.0 Å². The number of rotatable bonds is 2. The highest BCUT2D eigenvalue weighted by Gasteiger charge is 2.29. The summed E-state index contributed by atoms with van der Waals surface area (Å²) in [6.45, 7) is 9.66. The van der Waals surface area contributed by atoms with Crippen molar-refractivity contribution in [1.29, 1.82) is 0 Å². The number of nitrogens with zero attached hydrogens (tertiary/aromatic N) is 3. The van der Waals surface area contributed by atoms with Gasteiger partial charge in [-0.15, -0.1) is 0 Å². The van der Waals surface area contributed by atoms with E-state index in [1.165, 1.54) is 0 Å². The monoisotopic (exact) mass is 274 g/mol. The molecule has 5 heteroatoms. The van der Waals surface area contributed by atoms with Gasteiger partial charge < -0.3 is 10.2 Å². The molecule has 0 atom stereocenters. The Morgan fingerprint density at radius 2 is 1.90 bits per heavy atom. The molecule has 3 heterocycles. The Hall–Kier alpha value is -1.46. The molecule has 108 valence electrons. The number of pyridine rings is 1. The van der Waals surface area contributed by atoms with Crippen LogP contribution in [0.3, 0.4) is 0 Å². The van der Waals surface area contributed by atoms with Crippen molar-refractivity contribution >= 4 is 5.91 Å². The maximum absolute atomic E-state index is 12.5. The van der Waals surface area contributed by atoms with Crippen molar-refractivity contribution in [3.63, 3.8) is 0 Å². The minimum absolute atomic E-state index is 0.126. The van der Waals surface area contributed by atoms with Crippen molar-refractivity contribution in [2.24, 2.45) is 0 Å². The van der Waals surface area contributed by atoms with Crippen LogP contribution < -0.4 is 5.32 Å². The molecule has 1 aromatic rings. The molecule has 2 aliphatic rings. The van der Waals surface area contributed by atoms with Crippen molar-refractivity contribution in [3.05, 3.63) is 29.1 Å². The maximum atomic E-state index is 12.5. The summed E-state index contributed by atoms with van der Waals surface area (Å²) in [6, 6.07) is 4.49. The van der Waals surface area contributed by atoms with Crippen LogP contribution >= 0.6 is 0 Å². The fourth-order valence-electron chi connectivity index (χ4n) is 2.90. The zero-order chi connectivity index (χ0) is 14.1. The third kappa shape index (κ3) is 2.55. The Morgan fingerprint density at radius 3 is 2.45 bits per heavy atom. The van der Waals surface area contributed by atoms with E-state index >= 15 is 0 Å². The van der Waals surface area contributed by atoms with Gasteiger partial charge in [0.15, 0.2) is 0 Å². The number of carbonyl (C=O) groups is 1. The van der Waals surface area contributed by atoms with Crippen molar-refractivity contribution in [3.8, 4) is 0 Å². The number of aryl methyl sites for hydroxylation is 2. The zero-order valence-electron chi connectivity index (χ0n) is 12.2. The van der Waals surface area contributed by atoms with Crippen molar-refractivity contribution in [1.82, 2.24) is 20.1 Å². The fraction of sp³-hybridized carbons (Fsp3) is 0.600. The Morgan fingerprint density at radius 1 is 1.20 bits per heavy atom. The van der Waals surface area contributed by atoms with Gasteiger partial charge in [-0.2, -0.15) is 0 Å². The first-order chi connectivity index (χ1) is 9.65. The minimum Gasteiger partial charge on any atom is -0.336 e. The van der Waals surface area contributed by atoms with Crippen LogP contribution in [0.25, 0.3) is 0 Å². The van der Waals surface area contributed by atoms with Gasteiger partial charge in [-0.1, -0.05) is 0 Å². The first kappa shape index (κ1) is 13.5. The van der Waals surface area contributed by atoms with E-state index in [9.17, 15) is 4.79 Å². The van der Waals surface area contributed by atoms with Gasteiger partial charge >= 0.3 is 0 Å². The lowest BCUT2D eigenvalue weighted by Gasteiger charge is -2.43. The van der Waals surface area contributed by atoms with Crippen LogP contribution in [-0.2, 0) is 0 Å². The second kappa shape index (κ2) is 5.50. The number of aromatic nitrogens is 1. The molecule has 0 aromatic carbocycles. The van der Waals surface area contributed by atoms with Crippen molar-refractivity contribution < 1.29 is 4.79 Å². The van der Waals surface area contributed by atoms with Gasteiger partial charge in [0.1, 0.15) is 0 Å². The number of hydrogen-bond acceptors (Lipinski definition) is 4. The average Bonchev–Trinajstić information content (AvgIpc) is 2.37. The molecule has 1 amide bonds. The van der Waals surface area contributed by atoms with Crippen molar-refractivity contribution in [2.45, 2.75) is 19.9 Å². The van der Waals surface area contributed by atoms with E-state index in [-0.39, 0.29) is 5.91 Å². The highest BCUT2D eigenvalue weighted by Crippen LogP contribution is 2.14. The normalized spacial score (nSPS) is 20.8. The number of piperazine rings is 1. The molecule has 2 saturated heterocycles. The molecular weight excluding hydrogens is 252 g/mol. The van der Waals surface area contributed by atoms with Crippen molar-refractivity contribution in [2.75, 3.05) is 39.3 Å². The average molecular weight is 274 g/mol. The molecule has 3 rings (SSSR count). The molecule has 1 aromatic heterocycles. The molecular formula is C15H22N4O. The molecule has 0 unspecified atom stereocenters. The third-order valence-electron chi connectivity index (χ3n) is 4.33. The summed E-state index contributed by atoms with van der Waals surface area (Å²) >= 11 is 0. The Labute approximate surface area is 120 Å². The van der Waals surface area contributed by atoms with Crippen LogP contribution in [0.15, 0.2) is 12.1 Å². The van der Waals surface area contributed by atoms with Crippen LogP contribution in [0.1, 0.15) is 21.7 Å². The van der Waals surface area contributed by atoms with Gasteiger partial charge in [-0.05, 0) is 26.0 Å². The van der Waals surface area contributed by atoms with Gasteiger partial charge in [-0.3, -0.25) is 14.7 Å². The molecule has 20 heavy (non-hydrogen) atoms. The Balaban J connectivity index is 1.63.